The molecule has 2 heterocycles. The summed E-state index contributed by atoms with van der Waals surface area (Å²) in [4.78, 5) is 8.62. The quantitative estimate of drug-likeness (QED) is 0.860. The van der Waals surface area contributed by atoms with E-state index in [0.29, 0.717) is 5.95 Å². The Kier molecular flexibility index (Phi) is 3.19. The van der Waals surface area contributed by atoms with E-state index in [0.717, 1.165) is 23.4 Å². The first-order chi connectivity index (χ1) is 8.06. The average Bonchev–Trinajstić information content (AvgIpc) is 2.58. The van der Waals surface area contributed by atoms with Crippen LogP contribution in [0.1, 0.15) is 23.9 Å². The molecule has 2 N–H and O–H groups in total. The van der Waals surface area contributed by atoms with Gasteiger partial charge >= 0.3 is 0 Å². The molecule has 17 heavy (non-hydrogen) atoms. The molecule has 0 spiro atoms. The maximum Gasteiger partial charge on any atom is 0.250 e. The highest BCUT2D eigenvalue weighted by Crippen LogP contribution is 2.08. The second-order valence-corrected chi connectivity index (χ2v) is 4.41. The van der Waals surface area contributed by atoms with Crippen LogP contribution >= 0.6 is 0 Å². The molecule has 5 heteroatoms. The predicted octanol–water partition coefficient (Wildman–Crippen LogP) is 1.17. The van der Waals surface area contributed by atoms with Crippen LogP contribution in [0.4, 0.5) is 0 Å². The summed E-state index contributed by atoms with van der Waals surface area (Å²) in [6.07, 6.45) is 4.40. The van der Waals surface area contributed by atoms with Crippen LogP contribution in [-0.2, 0) is 6.42 Å². The minimum atomic E-state index is 0.123. The monoisotopic (exact) mass is 231 g/mol. The van der Waals surface area contributed by atoms with E-state index in [1.165, 1.54) is 0 Å². The molecular formula is C12H17N5. The Hall–Kier alpha value is -1.75. The minimum Gasteiger partial charge on any atom is -0.328 e. The first kappa shape index (κ1) is 11.7. The molecule has 0 aromatic carbocycles. The number of nitrogens with two attached hydrogens (primary N) is 1. The molecular weight excluding hydrogens is 214 g/mol. The first-order valence-corrected chi connectivity index (χ1v) is 5.66. The lowest BCUT2D eigenvalue weighted by molar-refractivity contribution is 0.722. The molecule has 2 aromatic heterocycles. The summed E-state index contributed by atoms with van der Waals surface area (Å²) in [6, 6.07) is 2.12. The lowest BCUT2D eigenvalue weighted by atomic mass is 10.1. The van der Waals surface area contributed by atoms with Crippen LogP contribution in [0, 0.1) is 13.8 Å². The van der Waals surface area contributed by atoms with Gasteiger partial charge in [0.05, 0.1) is 5.69 Å². The number of rotatable bonds is 3. The number of hydrogen-bond acceptors (Lipinski definition) is 4. The van der Waals surface area contributed by atoms with Crippen LogP contribution in [0.3, 0.4) is 0 Å². The molecule has 90 valence electrons. The van der Waals surface area contributed by atoms with Gasteiger partial charge in [-0.3, -0.25) is 0 Å². The zero-order valence-corrected chi connectivity index (χ0v) is 10.4. The van der Waals surface area contributed by atoms with E-state index < -0.39 is 0 Å². The van der Waals surface area contributed by atoms with Crippen LogP contribution in [0.2, 0.25) is 0 Å². The minimum absolute atomic E-state index is 0.123. The van der Waals surface area contributed by atoms with Crippen molar-refractivity contribution in [3.63, 3.8) is 0 Å². The van der Waals surface area contributed by atoms with E-state index in [2.05, 4.69) is 15.1 Å². The van der Waals surface area contributed by atoms with Gasteiger partial charge in [0.15, 0.2) is 0 Å². The van der Waals surface area contributed by atoms with Gasteiger partial charge in [-0.2, -0.15) is 5.10 Å². The molecule has 0 aliphatic carbocycles. The topological polar surface area (TPSA) is 69.6 Å². The Morgan fingerprint density at radius 2 is 1.94 bits per heavy atom. The summed E-state index contributed by atoms with van der Waals surface area (Å²) in [6.45, 7) is 5.90. The highest BCUT2D eigenvalue weighted by Gasteiger charge is 2.06. The van der Waals surface area contributed by atoms with Gasteiger partial charge in [0.2, 0.25) is 0 Å². The highest BCUT2D eigenvalue weighted by atomic mass is 15.3. The van der Waals surface area contributed by atoms with Crippen molar-refractivity contribution in [3.8, 4) is 5.95 Å². The molecule has 0 radical (unpaired) electrons. The predicted molar refractivity (Wildman–Crippen MR) is 66.0 cm³/mol. The van der Waals surface area contributed by atoms with E-state index in [-0.39, 0.29) is 6.04 Å². The summed E-state index contributed by atoms with van der Waals surface area (Å²) in [7, 11) is 0. The van der Waals surface area contributed by atoms with Crippen molar-refractivity contribution in [3.05, 3.63) is 35.4 Å². The SMILES string of the molecule is Cc1cc(C)n(-c2ncc(CC(C)N)cn2)n1. The van der Waals surface area contributed by atoms with Crippen molar-refractivity contribution >= 4 is 0 Å². The summed E-state index contributed by atoms with van der Waals surface area (Å²) < 4.78 is 1.74. The third-order valence-electron chi connectivity index (χ3n) is 2.45. The fourth-order valence-electron chi connectivity index (χ4n) is 1.77. The molecule has 0 aliphatic heterocycles. The summed E-state index contributed by atoms with van der Waals surface area (Å²) in [5.41, 5.74) is 8.77. The van der Waals surface area contributed by atoms with Crippen molar-refractivity contribution in [1.82, 2.24) is 19.7 Å². The van der Waals surface area contributed by atoms with Crippen LogP contribution < -0.4 is 5.73 Å². The number of aryl methyl sites for hydroxylation is 2. The number of aromatic nitrogens is 4. The molecule has 2 rings (SSSR count). The largest absolute Gasteiger partial charge is 0.328 e. The number of hydrogen-bond donors (Lipinski definition) is 1. The highest BCUT2D eigenvalue weighted by molar-refractivity contribution is 5.20. The summed E-state index contributed by atoms with van der Waals surface area (Å²) in [5.74, 6) is 0.601. The summed E-state index contributed by atoms with van der Waals surface area (Å²) >= 11 is 0. The van der Waals surface area contributed by atoms with Crippen molar-refractivity contribution in [2.75, 3.05) is 0 Å². The Balaban J connectivity index is 2.26. The van der Waals surface area contributed by atoms with Crippen molar-refractivity contribution in [1.29, 1.82) is 0 Å². The summed E-state index contributed by atoms with van der Waals surface area (Å²) in [5, 5.41) is 4.34. The Morgan fingerprint density at radius 3 is 2.41 bits per heavy atom. The van der Waals surface area contributed by atoms with Crippen LogP contribution in [0.5, 0.6) is 0 Å². The second-order valence-electron chi connectivity index (χ2n) is 4.41. The first-order valence-electron chi connectivity index (χ1n) is 5.66. The smallest absolute Gasteiger partial charge is 0.250 e. The van der Waals surface area contributed by atoms with Gasteiger partial charge in [0.1, 0.15) is 0 Å². The molecule has 5 nitrogen and oxygen atoms in total. The van der Waals surface area contributed by atoms with E-state index in [9.17, 15) is 0 Å². The van der Waals surface area contributed by atoms with E-state index in [1.54, 1.807) is 4.68 Å². The van der Waals surface area contributed by atoms with Gasteiger partial charge in [-0.25, -0.2) is 14.6 Å². The van der Waals surface area contributed by atoms with E-state index >= 15 is 0 Å². The lowest BCUT2D eigenvalue weighted by Crippen LogP contribution is -2.18. The zero-order chi connectivity index (χ0) is 12.4. The normalized spacial score (nSPS) is 12.7. The molecule has 0 bridgehead atoms. The maximum absolute atomic E-state index is 5.73. The molecule has 0 fully saturated rings. The Labute approximate surface area is 101 Å². The third kappa shape index (κ3) is 2.68. The van der Waals surface area contributed by atoms with E-state index in [1.807, 2.05) is 39.2 Å². The maximum atomic E-state index is 5.73. The van der Waals surface area contributed by atoms with Gasteiger partial charge in [-0.15, -0.1) is 0 Å². The lowest BCUT2D eigenvalue weighted by Gasteiger charge is -2.06. The molecule has 0 saturated carbocycles. The molecule has 0 aliphatic rings. The van der Waals surface area contributed by atoms with Gasteiger partial charge in [0.25, 0.3) is 5.95 Å². The van der Waals surface area contributed by atoms with Crippen molar-refractivity contribution < 1.29 is 0 Å². The van der Waals surface area contributed by atoms with Crippen molar-refractivity contribution in [2.24, 2.45) is 5.73 Å². The molecule has 2 aromatic rings. The fraction of sp³-hybridized carbons (Fsp3) is 0.417. The van der Waals surface area contributed by atoms with E-state index in [4.69, 9.17) is 5.73 Å². The van der Waals surface area contributed by atoms with Crippen LogP contribution in [0.25, 0.3) is 5.95 Å². The van der Waals surface area contributed by atoms with Crippen molar-refractivity contribution in [2.45, 2.75) is 33.2 Å². The van der Waals surface area contributed by atoms with Gasteiger partial charge in [-0.05, 0) is 38.8 Å². The fourth-order valence-corrected chi connectivity index (χ4v) is 1.77. The Bertz CT molecular complexity index is 498. The standard InChI is InChI=1S/C12H17N5/c1-8(13)4-11-6-14-12(15-7-11)17-10(3)5-9(2)16-17/h5-8H,4,13H2,1-3H3. The molecule has 1 unspecified atom stereocenters. The van der Waals surface area contributed by atoms with Gasteiger partial charge in [0, 0.05) is 24.1 Å². The third-order valence-corrected chi connectivity index (χ3v) is 2.45. The second kappa shape index (κ2) is 4.63. The van der Waals surface area contributed by atoms with Gasteiger partial charge < -0.3 is 5.73 Å². The zero-order valence-electron chi connectivity index (χ0n) is 10.4. The van der Waals surface area contributed by atoms with Crippen LogP contribution in [-0.4, -0.2) is 25.8 Å². The molecule has 1 atom stereocenters. The Morgan fingerprint density at radius 1 is 1.29 bits per heavy atom. The molecule has 0 amide bonds. The van der Waals surface area contributed by atoms with Crippen LogP contribution in [0.15, 0.2) is 18.5 Å². The number of nitrogens with zero attached hydrogens (tertiary/aromatic N) is 4. The van der Waals surface area contributed by atoms with Gasteiger partial charge in [-0.1, -0.05) is 0 Å². The average molecular weight is 231 g/mol. The molecule has 0 saturated heterocycles.